The van der Waals surface area contributed by atoms with E-state index in [2.05, 4.69) is 35.6 Å². The summed E-state index contributed by atoms with van der Waals surface area (Å²) in [6, 6.07) is 10.00. The second-order valence-corrected chi connectivity index (χ2v) is 12.0. The maximum atomic E-state index is 12.4. The van der Waals surface area contributed by atoms with Gasteiger partial charge in [-0.25, -0.2) is 0 Å². The molecule has 0 aromatic heterocycles. The number of aromatic hydroxyl groups is 2. The SMILES string of the molecule is CCCCCc1ccc(O)c(C(=O)NNC(=O)CCCCCCCCCCC(=O)NNC(=O)c2cc(CCCCC)ccc2O)c1. The number of rotatable bonds is 21. The van der Waals surface area contributed by atoms with Crippen LogP contribution in [0.5, 0.6) is 11.5 Å². The molecule has 6 N–H and O–H groups in total. The minimum Gasteiger partial charge on any atom is -0.507 e. The van der Waals surface area contributed by atoms with Gasteiger partial charge in [0.2, 0.25) is 11.8 Å². The molecular weight excluding hydrogens is 584 g/mol. The third-order valence-electron chi connectivity index (χ3n) is 7.94. The Labute approximate surface area is 274 Å². The van der Waals surface area contributed by atoms with Crippen molar-refractivity contribution < 1.29 is 29.4 Å². The first-order valence-electron chi connectivity index (χ1n) is 17.1. The Kier molecular flexibility index (Phi) is 18.6. The second kappa shape index (κ2) is 22.4. The number of hydrogen-bond acceptors (Lipinski definition) is 6. The van der Waals surface area contributed by atoms with Gasteiger partial charge in [0, 0.05) is 12.8 Å². The summed E-state index contributed by atoms with van der Waals surface area (Å²) in [7, 11) is 0. The monoisotopic (exact) mass is 638 g/mol. The lowest BCUT2D eigenvalue weighted by Crippen LogP contribution is -2.41. The van der Waals surface area contributed by atoms with Gasteiger partial charge >= 0.3 is 0 Å². The van der Waals surface area contributed by atoms with Gasteiger partial charge in [0.05, 0.1) is 11.1 Å². The predicted molar refractivity (Wildman–Crippen MR) is 180 cm³/mol. The highest BCUT2D eigenvalue weighted by Crippen LogP contribution is 2.21. The van der Waals surface area contributed by atoms with E-state index in [1.807, 2.05) is 12.1 Å². The van der Waals surface area contributed by atoms with Crippen LogP contribution in [-0.2, 0) is 22.4 Å². The van der Waals surface area contributed by atoms with E-state index in [9.17, 15) is 29.4 Å². The van der Waals surface area contributed by atoms with E-state index < -0.39 is 11.8 Å². The van der Waals surface area contributed by atoms with E-state index in [0.717, 1.165) is 101 Å². The van der Waals surface area contributed by atoms with Crippen molar-refractivity contribution in [2.45, 2.75) is 129 Å². The summed E-state index contributed by atoms with van der Waals surface area (Å²) in [5.41, 5.74) is 11.9. The first-order chi connectivity index (χ1) is 22.2. The molecule has 0 saturated carbocycles. The van der Waals surface area contributed by atoms with Crippen molar-refractivity contribution in [3.8, 4) is 11.5 Å². The number of amides is 4. The third-order valence-corrected chi connectivity index (χ3v) is 7.94. The highest BCUT2D eigenvalue weighted by molar-refractivity contribution is 5.98. The van der Waals surface area contributed by atoms with Crippen LogP contribution in [0.25, 0.3) is 0 Å². The third kappa shape index (κ3) is 15.3. The van der Waals surface area contributed by atoms with E-state index in [4.69, 9.17) is 0 Å². The minimum atomic E-state index is -0.538. The van der Waals surface area contributed by atoms with Crippen LogP contribution in [0.3, 0.4) is 0 Å². The first kappa shape index (κ1) is 38.1. The molecule has 254 valence electrons. The summed E-state index contributed by atoms with van der Waals surface area (Å²) < 4.78 is 0. The van der Waals surface area contributed by atoms with Crippen LogP contribution in [-0.4, -0.2) is 33.8 Å². The molecule has 0 fully saturated rings. The van der Waals surface area contributed by atoms with Crippen LogP contribution >= 0.6 is 0 Å². The lowest BCUT2D eigenvalue weighted by molar-refractivity contribution is -0.122. The molecule has 4 amide bonds. The van der Waals surface area contributed by atoms with Gasteiger partial charge in [-0.05, 0) is 73.9 Å². The lowest BCUT2D eigenvalue weighted by atomic mass is 10.0. The number of hydrazine groups is 2. The van der Waals surface area contributed by atoms with Crippen molar-refractivity contribution in [1.82, 2.24) is 21.7 Å². The number of phenols is 2. The molecule has 0 heterocycles. The fourth-order valence-electron chi connectivity index (χ4n) is 5.14. The quantitative estimate of drug-likeness (QED) is 0.0661. The Bertz CT molecular complexity index is 1150. The molecule has 0 saturated heterocycles. The van der Waals surface area contributed by atoms with Gasteiger partial charge in [-0.3, -0.25) is 40.9 Å². The van der Waals surface area contributed by atoms with Crippen molar-refractivity contribution in [3.63, 3.8) is 0 Å². The standard InChI is InChI=1S/C36H54N4O6/c1-3-5-13-17-27-21-23-31(41)29(25-27)35(45)39-37-33(43)19-15-11-9-7-8-10-12-16-20-34(44)38-40-36(46)30-26-28(18-14-6-4-2)22-24-32(30)42/h21-26,41-42H,3-20H2,1-2H3,(H,37,43)(H,38,44)(H,39,45)(H,40,46). The maximum Gasteiger partial charge on any atom is 0.273 e. The van der Waals surface area contributed by atoms with Gasteiger partial charge in [0.1, 0.15) is 11.5 Å². The molecule has 0 radical (unpaired) electrons. The largest absolute Gasteiger partial charge is 0.507 e. The summed E-state index contributed by atoms with van der Waals surface area (Å²) in [6.45, 7) is 4.26. The summed E-state index contributed by atoms with van der Waals surface area (Å²) >= 11 is 0. The number of phenolic OH excluding ortho intramolecular Hbond substituents is 2. The molecule has 2 aromatic carbocycles. The minimum absolute atomic E-state index is 0.116. The predicted octanol–water partition coefficient (Wildman–Crippen LogP) is 6.69. The van der Waals surface area contributed by atoms with Gasteiger partial charge in [0.15, 0.2) is 0 Å². The maximum absolute atomic E-state index is 12.4. The summed E-state index contributed by atoms with van der Waals surface area (Å²) in [5, 5.41) is 20.1. The average molecular weight is 639 g/mol. The van der Waals surface area contributed by atoms with Crippen LogP contribution in [0.2, 0.25) is 0 Å². The molecule has 0 aliphatic heterocycles. The zero-order valence-electron chi connectivity index (χ0n) is 27.7. The van der Waals surface area contributed by atoms with E-state index >= 15 is 0 Å². The number of carbonyl (C=O) groups is 4. The normalized spacial score (nSPS) is 10.7. The van der Waals surface area contributed by atoms with Crippen LogP contribution < -0.4 is 21.7 Å². The van der Waals surface area contributed by atoms with E-state index in [-0.39, 0.29) is 34.4 Å². The van der Waals surface area contributed by atoms with Crippen LogP contribution in [0, 0.1) is 0 Å². The molecule has 2 aromatic rings. The Morgan fingerprint density at radius 2 is 0.870 bits per heavy atom. The fourth-order valence-corrected chi connectivity index (χ4v) is 5.14. The summed E-state index contributed by atoms with van der Waals surface area (Å²) in [6.07, 6.45) is 16.0. The fraction of sp³-hybridized carbons (Fsp3) is 0.556. The van der Waals surface area contributed by atoms with Gasteiger partial charge in [0.25, 0.3) is 11.8 Å². The van der Waals surface area contributed by atoms with Crippen LogP contribution in [0.1, 0.15) is 148 Å². The average Bonchev–Trinajstić information content (AvgIpc) is 3.05. The number of aryl methyl sites for hydroxylation is 2. The highest BCUT2D eigenvalue weighted by Gasteiger charge is 2.14. The summed E-state index contributed by atoms with van der Waals surface area (Å²) in [5.74, 6) is -1.85. The Morgan fingerprint density at radius 1 is 0.500 bits per heavy atom. The Morgan fingerprint density at radius 3 is 1.24 bits per heavy atom. The number of nitrogens with one attached hydrogen (secondary N) is 4. The molecule has 0 atom stereocenters. The van der Waals surface area contributed by atoms with Crippen LogP contribution in [0.4, 0.5) is 0 Å². The van der Waals surface area contributed by atoms with Crippen molar-refractivity contribution in [2.24, 2.45) is 0 Å². The zero-order chi connectivity index (χ0) is 33.6. The second-order valence-electron chi connectivity index (χ2n) is 12.0. The van der Waals surface area contributed by atoms with Gasteiger partial charge in [-0.1, -0.05) is 90.2 Å². The highest BCUT2D eigenvalue weighted by atomic mass is 16.3. The molecular formula is C36H54N4O6. The van der Waals surface area contributed by atoms with Gasteiger partial charge < -0.3 is 10.2 Å². The van der Waals surface area contributed by atoms with Crippen molar-refractivity contribution >= 4 is 23.6 Å². The summed E-state index contributed by atoms with van der Waals surface area (Å²) in [4.78, 5) is 49.2. The van der Waals surface area contributed by atoms with E-state index in [1.165, 1.54) is 12.1 Å². The van der Waals surface area contributed by atoms with Gasteiger partial charge in [-0.15, -0.1) is 0 Å². The zero-order valence-corrected chi connectivity index (χ0v) is 27.7. The number of unbranched alkanes of at least 4 members (excludes halogenated alkanes) is 11. The molecule has 0 aliphatic carbocycles. The molecule has 10 nitrogen and oxygen atoms in total. The lowest BCUT2D eigenvalue weighted by Gasteiger charge is -2.10. The Balaban J connectivity index is 1.49. The molecule has 2 rings (SSSR count). The number of hydrogen-bond donors (Lipinski definition) is 6. The van der Waals surface area contributed by atoms with Crippen LogP contribution in [0.15, 0.2) is 36.4 Å². The first-order valence-corrected chi connectivity index (χ1v) is 17.1. The molecule has 46 heavy (non-hydrogen) atoms. The molecule has 10 heteroatoms. The smallest absolute Gasteiger partial charge is 0.273 e. The van der Waals surface area contributed by atoms with Crippen molar-refractivity contribution in [2.75, 3.05) is 0 Å². The molecule has 0 bridgehead atoms. The van der Waals surface area contributed by atoms with E-state index in [0.29, 0.717) is 25.7 Å². The number of benzene rings is 2. The topological polar surface area (TPSA) is 157 Å². The Hall–Kier alpha value is -4.08. The van der Waals surface area contributed by atoms with Crippen molar-refractivity contribution in [3.05, 3.63) is 58.7 Å². The molecule has 0 unspecified atom stereocenters. The van der Waals surface area contributed by atoms with Crippen molar-refractivity contribution in [1.29, 1.82) is 0 Å². The van der Waals surface area contributed by atoms with Gasteiger partial charge in [-0.2, -0.15) is 0 Å². The molecule has 0 spiro atoms. The van der Waals surface area contributed by atoms with E-state index in [1.54, 1.807) is 12.1 Å². The number of carbonyl (C=O) groups excluding carboxylic acids is 4. The molecule has 0 aliphatic rings.